The van der Waals surface area contributed by atoms with Crippen LogP contribution in [0.1, 0.15) is 52.1 Å². The van der Waals surface area contributed by atoms with Crippen molar-refractivity contribution >= 4 is 11.6 Å². The van der Waals surface area contributed by atoms with Gasteiger partial charge in [-0.3, -0.25) is 0 Å². The quantitative estimate of drug-likeness (QED) is 0.867. The van der Waals surface area contributed by atoms with E-state index in [1.807, 2.05) is 4.52 Å². The highest BCUT2D eigenvalue weighted by Gasteiger charge is 2.28. The third-order valence-corrected chi connectivity index (χ3v) is 4.79. The van der Waals surface area contributed by atoms with E-state index in [9.17, 15) is 0 Å². The molecule has 3 heterocycles. The van der Waals surface area contributed by atoms with Crippen LogP contribution < -0.4 is 4.90 Å². The van der Waals surface area contributed by atoms with Crippen molar-refractivity contribution < 1.29 is 0 Å². The van der Waals surface area contributed by atoms with E-state index in [1.54, 1.807) is 6.33 Å². The van der Waals surface area contributed by atoms with Crippen LogP contribution in [0.5, 0.6) is 0 Å². The molecule has 0 bridgehead atoms. The summed E-state index contributed by atoms with van der Waals surface area (Å²) in [6.45, 7) is 7.90. The molecular formula is C16H25N5. The molecule has 2 aromatic heterocycles. The number of piperidine rings is 1. The Bertz CT molecular complexity index is 606. The highest BCUT2D eigenvalue weighted by Crippen LogP contribution is 2.30. The Balaban J connectivity index is 2.06. The van der Waals surface area contributed by atoms with Gasteiger partial charge in [-0.2, -0.15) is 14.6 Å². The van der Waals surface area contributed by atoms with Gasteiger partial charge >= 0.3 is 0 Å². The summed E-state index contributed by atoms with van der Waals surface area (Å²) in [6, 6.07) is 2.80. The lowest BCUT2D eigenvalue weighted by atomic mass is 9.90. The van der Waals surface area contributed by atoms with Crippen LogP contribution in [0.3, 0.4) is 0 Å². The van der Waals surface area contributed by atoms with E-state index in [1.165, 1.54) is 31.5 Å². The molecule has 0 radical (unpaired) electrons. The Morgan fingerprint density at radius 3 is 2.95 bits per heavy atom. The molecule has 0 aromatic carbocycles. The average molecular weight is 287 g/mol. The van der Waals surface area contributed by atoms with Gasteiger partial charge in [-0.05, 0) is 31.6 Å². The molecule has 1 aliphatic heterocycles. The summed E-state index contributed by atoms with van der Waals surface area (Å²) in [5.74, 6) is 2.58. The number of anilines is 1. The van der Waals surface area contributed by atoms with Crippen LogP contribution in [0, 0.1) is 5.92 Å². The Morgan fingerprint density at radius 1 is 1.33 bits per heavy atom. The minimum absolute atomic E-state index is 0.600. The SMILES string of the molecule is CCc1cc(N2CCCC[C@H]2[C@H](C)CC)n2ncnc2n1. The van der Waals surface area contributed by atoms with Crippen LogP contribution in [0.2, 0.25) is 0 Å². The minimum atomic E-state index is 0.600. The molecule has 2 aromatic rings. The van der Waals surface area contributed by atoms with E-state index in [-0.39, 0.29) is 0 Å². The van der Waals surface area contributed by atoms with Gasteiger partial charge in [0.1, 0.15) is 12.1 Å². The molecule has 1 aliphatic rings. The number of fused-ring (bicyclic) bond motifs is 1. The van der Waals surface area contributed by atoms with E-state index in [2.05, 4.69) is 46.8 Å². The second kappa shape index (κ2) is 6.00. The van der Waals surface area contributed by atoms with Gasteiger partial charge in [-0.1, -0.05) is 27.2 Å². The Labute approximate surface area is 126 Å². The molecule has 0 unspecified atom stereocenters. The summed E-state index contributed by atoms with van der Waals surface area (Å²) in [5.41, 5.74) is 1.10. The molecule has 1 fully saturated rings. The number of aryl methyl sites for hydroxylation is 1. The zero-order chi connectivity index (χ0) is 14.8. The smallest absolute Gasteiger partial charge is 0.254 e. The first kappa shape index (κ1) is 14.3. The molecular weight excluding hydrogens is 262 g/mol. The van der Waals surface area contributed by atoms with Crippen molar-refractivity contribution in [3.63, 3.8) is 0 Å². The molecule has 114 valence electrons. The first-order chi connectivity index (χ1) is 10.2. The summed E-state index contributed by atoms with van der Waals surface area (Å²) < 4.78 is 1.90. The van der Waals surface area contributed by atoms with Gasteiger partial charge in [0.2, 0.25) is 0 Å². The Morgan fingerprint density at radius 2 is 2.19 bits per heavy atom. The van der Waals surface area contributed by atoms with Crippen LogP contribution in [-0.2, 0) is 6.42 Å². The fourth-order valence-electron chi connectivity index (χ4n) is 3.34. The summed E-state index contributed by atoms with van der Waals surface area (Å²) >= 11 is 0. The molecule has 0 N–H and O–H groups in total. The van der Waals surface area contributed by atoms with E-state index in [0.717, 1.165) is 24.4 Å². The highest BCUT2D eigenvalue weighted by molar-refractivity contribution is 5.48. The monoisotopic (exact) mass is 287 g/mol. The van der Waals surface area contributed by atoms with Crippen LogP contribution >= 0.6 is 0 Å². The van der Waals surface area contributed by atoms with Gasteiger partial charge in [0.25, 0.3) is 5.78 Å². The van der Waals surface area contributed by atoms with E-state index >= 15 is 0 Å². The van der Waals surface area contributed by atoms with Gasteiger partial charge in [-0.25, -0.2) is 4.98 Å². The first-order valence-electron chi connectivity index (χ1n) is 8.20. The molecule has 21 heavy (non-hydrogen) atoms. The maximum absolute atomic E-state index is 4.56. The van der Waals surface area contributed by atoms with Gasteiger partial charge in [-0.15, -0.1) is 0 Å². The summed E-state index contributed by atoms with van der Waals surface area (Å²) in [4.78, 5) is 11.4. The topological polar surface area (TPSA) is 46.3 Å². The van der Waals surface area contributed by atoms with Crippen molar-refractivity contribution in [3.8, 4) is 0 Å². The van der Waals surface area contributed by atoms with Crippen LogP contribution in [-0.4, -0.2) is 32.2 Å². The highest BCUT2D eigenvalue weighted by atomic mass is 15.4. The standard InChI is InChI=1S/C16H25N5/c1-4-12(3)14-8-6-7-9-20(14)15-10-13(5-2)19-16-17-11-18-21(15)16/h10-12,14H,4-9H2,1-3H3/t12-,14+/m1/s1. The molecule has 1 saturated heterocycles. The third kappa shape index (κ3) is 2.61. The van der Waals surface area contributed by atoms with Crippen molar-refractivity contribution in [2.24, 2.45) is 5.92 Å². The van der Waals surface area contributed by atoms with Crippen molar-refractivity contribution in [2.45, 2.75) is 58.9 Å². The van der Waals surface area contributed by atoms with Gasteiger partial charge < -0.3 is 4.90 Å². The minimum Gasteiger partial charge on any atom is -0.353 e. The molecule has 0 amide bonds. The molecule has 5 heteroatoms. The molecule has 5 nitrogen and oxygen atoms in total. The number of nitrogens with zero attached hydrogens (tertiary/aromatic N) is 5. The lowest BCUT2D eigenvalue weighted by Crippen LogP contribution is -2.44. The normalized spacial score (nSPS) is 20.9. The van der Waals surface area contributed by atoms with Gasteiger partial charge in [0, 0.05) is 24.3 Å². The zero-order valence-electron chi connectivity index (χ0n) is 13.3. The largest absolute Gasteiger partial charge is 0.353 e. The number of hydrogen-bond acceptors (Lipinski definition) is 4. The van der Waals surface area contributed by atoms with E-state index in [4.69, 9.17) is 0 Å². The third-order valence-electron chi connectivity index (χ3n) is 4.79. The molecule has 3 rings (SSSR count). The maximum Gasteiger partial charge on any atom is 0.254 e. The predicted molar refractivity (Wildman–Crippen MR) is 84.6 cm³/mol. The molecule has 0 aliphatic carbocycles. The van der Waals surface area contributed by atoms with Crippen LogP contribution in [0.15, 0.2) is 12.4 Å². The van der Waals surface area contributed by atoms with Crippen LogP contribution in [0.25, 0.3) is 5.78 Å². The predicted octanol–water partition coefficient (Wildman–Crippen LogP) is 3.09. The Hall–Kier alpha value is -1.65. The lowest BCUT2D eigenvalue weighted by Gasteiger charge is -2.40. The Kier molecular flexibility index (Phi) is 4.08. The summed E-state index contributed by atoms with van der Waals surface area (Å²) in [5, 5.41) is 4.39. The fourth-order valence-corrected chi connectivity index (χ4v) is 3.34. The number of hydrogen-bond donors (Lipinski definition) is 0. The number of aromatic nitrogens is 4. The number of rotatable bonds is 4. The first-order valence-corrected chi connectivity index (χ1v) is 8.20. The molecule has 0 spiro atoms. The zero-order valence-corrected chi connectivity index (χ0v) is 13.3. The van der Waals surface area contributed by atoms with Crippen LogP contribution in [0.4, 0.5) is 5.82 Å². The second-order valence-electron chi connectivity index (χ2n) is 6.07. The van der Waals surface area contributed by atoms with Crippen molar-refractivity contribution in [3.05, 3.63) is 18.1 Å². The lowest BCUT2D eigenvalue weighted by molar-refractivity contribution is 0.345. The molecule has 2 atom stereocenters. The fraction of sp³-hybridized carbons (Fsp3) is 0.688. The summed E-state index contributed by atoms with van der Waals surface area (Å²) in [7, 11) is 0. The van der Waals surface area contributed by atoms with Crippen molar-refractivity contribution in [1.29, 1.82) is 0 Å². The molecule has 0 saturated carbocycles. The maximum atomic E-state index is 4.56. The van der Waals surface area contributed by atoms with E-state index < -0.39 is 0 Å². The van der Waals surface area contributed by atoms with Gasteiger partial charge in [0.15, 0.2) is 0 Å². The summed E-state index contributed by atoms with van der Waals surface area (Å²) in [6.07, 6.45) is 7.61. The second-order valence-corrected chi connectivity index (χ2v) is 6.07. The van der Waals surface area contributed by atoms with E-state index in [0.29, 0.717) is 12.0 Å². The van der Waals surface area contributed by atoms with Crippen molar-refractivity contribution in [2.75, 3.05) is 11.4 Å². The van der Waals surface area contributed by atoms with Gasteiger partial charge in [0.05, 0.1) is 0 Å². The average Bonchev–Trinajstić information content (AvgIpc) is 3.01. The van der Waals surface area contributed by atoms with Crippen molar-refractivity contribution in [1.82, 2.24) is 19.6 Å².